The average Bonchev–Trinajstić information content (AvgIpc) is 2.49. The second kappa shape index (κ2) is 5.71. The van der Waals surface area contributed by atoms with E-state index >= 15 is 0 Å². The van der Waals surface area contributed by atoms with E-state index < -0.39 is 5.97 Å². The van der Waals surface area contributed by atoms with Gasteiger partial charge >= 0.3 is 5.97 Å². The van der Waals surface area contributed by atoms with Gasteiger partial charge in [-0.25, -0.2) is 9.78 Å². The SMILES string of the molecule is COC(=O)c1cccnc1Oc1ccc(C#N)cc1N. The van der Waals surface area contributed by atoms with Gasteiger partial charge in [0.25, 0.3) is 0 Å². The summed E-state index contributed by atoms with van der Waals surface area (Å²) < 4.78 is 10.2. The average molecular weight is 269 g/mol. The van der Waals surface area contributed by atoms with Crippen molar-refractivity contribution in [2.75, 3.05) is 12.8 Å². The summed E-state index contributed by atoms with van der Waals surface area (Å²) in [5, 5.41) is 8.77. The molecular formula is C14H11N3O3. The molecule has 1 aromatic carbocycles. The topological polar surface area (TPSA) is 98.2 Å². The summed E-state index contributed by atoms with van der Waals surface area (Å²) in [6, 6.07) is 9.70. The Morgan fingerprint density at radius 2 is 2.20 bits per heavy atom. The van der Waals surface area contributed by atoms with Crippen molar-refractivity contribution in [3.63, 3.8) is 0 Å². The van der Waals surface area contributed by atoms with Gasteiger partial charge < -0.3 is 15.2 Å². The van der Waals surface area contributed by atoms with E-state index in [2.05, 4.69) is 9.72 Å². The van der Waals surface area contributed by atoms with Crippen LogP contribution in [-0.4, -0.2) is 18.1 Å². The van der Waals surface area contributed by atoms with E-state index in [0.29, 0.717) is 11.3 Å². The summed E-state index contributed by atoms with van der Waals surface area (Å²) in [4.78, 5) is 15.6. The van der Waals surface area contributed by atoms with Crippen LogP contribution in [0.2, 0.25) is 0 Å². The highest BCUT2D eigenvalue weighted by atomic mass is 16.5. The third-order valence-electron chi connectivity index (χ3n) is 2.52. The van der Waals surface area contributed by atoms with Gasteiger partial charge in [-0.1, -0.05) is 0 Å². The Bertz CT molecular complexity index is 692. The molecule has 2 rings (SSSR count). The first kappa shape index (κ1) is 13.4. The predicted octanol–water partition coefficient (Wildman–Crippen LogP) is 2.11. The maximum absolute atomic E-state index is 11.6. The highest BCUT2D eigenvalue weighted by Gasteiger charge is 2.15. The highest BCUT2D eigenvalue weighted by molar-refractivity contribution is 5.91. The van der Waals surface area contributed by atoms with Gasteiger partial charge in [0, 0.05) is 6.20 Å². The lowest BCUT2D eigenvalue weighted by Crippen LogP contribution is -2.05. The summed E-state index contributed by atoms with van der Waals surface area (Å²) in [7, 11) is 1.27. The minimum absolute atomic E-state index is 0.0933. The molecule has 1 aromatic heterocycles. The quantitative estimate of drug-likeness (QED) is 0.676. The molecule has 0 aliphatic heterocycles. The maximum atomic E-state index is 11.6. The number of rotatable bonds is 3. The molecule has 0 amide bonds. The van der Waals surface area contributed by atoms with Gasteiger partial charge in [0.2, 0.25) is 5.88 Å². The van der Waals surface area contributed by atoms with Gasteiger partial charge in [-0.3, -0.25) is 0 Å². The first-order valence-corrected chi connectivity index (χ1v) is 5.66. The van der Waals surface area contributed by atoms with Gasteiger partial charge in [0.15, 0.2) is 5.75 Å². The van der Waals surface area contributed by atoms with Crippen molar-refractivity contribution in [1.82, 2.24) is 4.98 Å². The Balaban J connectivity index is 2.36. The Labute approximate surface area is 115 Å². The molecule has 20 heavy (non-hydrogen) atoms. The van der Waals surface area contributed by atoms with Crippen LogP contribution in [0.4, 0.5) is 5.69 Å². The molecule has 0 spiro atoms. The number of carbonyl (C=O) groups is 1. The molecule has 2 N–H and O–H groups in total. The first-order chi connectivity index (χ1) is 9.65. The van der Waals surface area contributed by atoms with Crippen molar-refractivity contribution in [3.8, 4) is 17.7 Å². The number of aromatic nitrogens is 1. The Morgan fingerprint density at radius 1 is 1.40 bits per heavy atom. The smallest absolute Gasteiger partial charge is 0.343 e. The standard InChI is InChI=1S/C14H11N3O3/c1-19-14(18)10-3-2-6-17-13(10)20-12-5-4-9(8-15)7-11(12)16/h2-7H,16H2,1H3. The number of nitriles is 1. The number of pyridine rings is 1. The highest BCUT2D eigenvalue weighted by Crippen LogP contribution is 2.29. The number of ether oxygens (including phenoxy) is 2. The fourth-order valence-electron chi connectivity index (χ4n) is 1.55. The van der Waals surface area contributed by atoms with E-state index in [0.717, 1.165) is 0 Å². The summed E-state index contributed by atoms with van der Waals surface area (Å²) in [6.45, 7) is 0. The number of esters is 1. The number of nitrogens with two attached hydrogens (primary N) is 1. The molecular weight excluding hydrogens is 258 g/mol. The molecule has 0 radical (unpaired) electrons. The maximum Gasteiger partial charge on any atom is 0.343 e. The van der Waals surface area contributed by atoms with Crippen molar-refractivity contribution < 1.29 is 14.3 Å². The predicted molar refractivity (Wildman–Crippen MR) is 71.2 cm³/mol. The minimum Gasteiger partial charge on any atom is -0.465 e. The van der Waals surface area contributed by atoms with Gasteiger partial charge in [-0.05, 0) is 30.3 Å². The zero-order valence-corrected chi connectivity index (χ0v) is 10.7. The number of anilines is 1. The largest absolute Gasteiger partial charge is 0.465 e. The fourth-order valence-corrected chi connectivity index (χ4v) is 1.55. The van der Waals surface area contributed by atoms with Crippen molar-refractivity contribution in [1.29, 1.82) is 5.26 Å². The second-order valence-electron chi connectivity index (χ2n) is 3.81. The van der Waals surface area contributed by atoms with Gasteiger partial charge in [0.05, 0.1) is 24.4 Å². The van der Waals surface area contributed by atoms with Crippen LogP contribution in [0.1, 0.15) is 15.9 Å². The van der Waals surface area contributed by atoms with E-state index in [-0.39, 0.29) is 17.1 Å². The van der Waals surface area contributed by atoms with Crippen LogP contribution in [0, 0.1) is 11.3 Å². The van der Waals surface area contributed by atoms with Crippen molar-refractivity contribution in [2.24, 2.45) is 0 Å². The van der Waals surface area contributed by atoms with Crippen LogP contribution in [0.3, 0.4) is 0 Å². The van der Waals surface area contributed by atoms with Gasteiger partial charge in [0.1, 0.15) is 5.56 Å². The van der Waals surface area contributed by atoms with Crippen LogP contribution in [0.25, 0.3) is 0 Å². The molecule has 0 saturated heterocycles. The van der Waals surface area contributed by atoms with Crippen molar-refractivity contribution in [3.05, 3.63) is 47.7 Å². The molecule has 6 nitrogen and oxygen atoms in total. The lowest BCUT2D eigenvalue weighted by molar-refractivity contribution is 0.0597. The number of nitrogen functional groups attached to an aromatic ring is 1. The number of carbonyl (C=O) groups excluding carboxylic acids is 1. The number of hydrogen-bond acceptors (Lipinski definition) is 6. The Hall–Kier alpha value is -3.07. The summed E-state index contributed by atoms with van der Waals surface area (Å²) in [6.07, 6.45) is 1.49. The number of hydrogen-bond donors (Lipinski definition) is 1. The van der Waals surface area contributed by atoms with Crippen molar-refractivity contribution in [2.45, 2.75) is 0 Å². The van der Waals surface area contributed by atoms with Crippen LogP contribution in [0.5, 0.6) is 11.6 Å². The van der Waals surface area contributed by atoms with E-state index in [9.17, 15) is 4.79 Å². The molecule has 0 atom stereocenters. The van der Waals surface area contributed by atoms with E-state index in [4.69, 9.17) is 15.7 Å². The lowest BCUT2D eigenvalue weighted by atomic mass is 10.2. The molecule has 6 heteroatoms. The molecule has 0 aliphatic rings. The number of nitrogens with zero attached hydrogens (tertiary/aromatic N) is 2. The monoisotopic (exact) mass is 269 g/mol. The summed E-state index contributed by atoms with van der Waals surface area (Å²) >= 11 is 0. The minimum atomic E-state index is -0.555. The fraction of sp³-hybridized carbons (Fsp3) is 0.0714. The number of methoxy groups -OCH3 is 1. The zero-order chi connectivity index (χ0) is 14.5. The molecule has 0 unspecified atom stereocenters. The Morgan fingerprint density at radius 3 is 2.85 bits per heavy atom. The van der Waals surface area contributed by atoms with Crippen molar-refractivity contribution >= 4 is 11.7 Å². The summed E-state index contributed by atoms with van der Waals surface area (Å²) in [5.74, 6) is -0.149. The Kier molecular flexibility index (Phi) is 3.82. The van der Waals surface area contributed by atoms with Crippen LogP contribution < -0.4 is 10.5 Å². The molecule has 1 heterocycles. The molecule has 0 aliphatic carbocycles. The van der Waals surface area contributed by atoms with Crippen LogP contribution >= 0.6 is 0 Å². The van der Waals surface area contributed by atoms with Crippen LogP contribution in [-0.2, 0) is 4.74 Å². The van der Waals surface area contributed by atoms with E-state index in [1.165, 1.54) is 25.4 Å². The van der Waals surface area contributed by atoms with Crippen LogP contribution in [0.15, 0.2) is 36.5 Å². The molecule has 2 aromatic rings. The van der Waals surface area contributed by atoms with E-state index in [1.54, 1.807) is 18.2 Å². The third-order valence-corrected chi connectivity index (χ3v) is 2.52. The van der Waals surface area contributed by atoms with E-state index in [1.807, 2.05) is 6.07 Å². The molecule has 100 valence electrons. The molecule has 0 saturated carbocycles. The van der Waals surface area contributed by atoms with Gasteiger partial charge in [-0.15, -0.1) is 0 Å². The second-order valence-corrected chi connectivity index (χ2v) is 3.81. The number of benzene rings is 1. The van der Waals surface area contributed by atoms with Gasteiger partial charge in [-0.2, -0.15) is 5.26 Å². The third kappa shape index (κ3) is 2.67. The normalized spacial score (nSPS) is 9.60. The molecule has 0 fully saturated rings. The lowest BCUT2D eigenvalue weighted by Gasteiger charge is -2.10. The summed E-state index contributed by atoms with van der Waals surface area (Å²) in [5.41, 5.74) is 6.68. The zero-order valence-electron chi connectivity index (χ0n) is 10.7. The first-order valence-electron chi connectivity index (χ1n) is 5.66. The molecule has 0 bridgehead atoms.